The van der Waals surface area contributed by atoms with Crippen molar-refractivity contribution in [3.8, 4) is 11.4 Å². The van der Waals surface area contributed by atoms with Crippen LogP contribution in [0.2, 0.25) is 0 Å². The third-order valence-electron chi connectivity index (χ3n) is 5.58. The van der Waals surface area contributed by atoms with E-state index in [0.29, 0.717) is 24.8 Å². The number of aryl methyl sites for hydroxylation is 2. The van der Waals surface area contributed by atoms with Crippen LogP contribution in [0.1, 0.15) is 24.1 Å². The van der Waals surface area contributed by atoms with Crippen LogP contribution in [0, 0.1) is 0 Å². The molecule has 0 amide bonds. The fraction of sp³-hybridized carbons (Fsp3) is 0.409. The lowest BCUT2D eigenvalue weighted by molar-refractivity contribution is 0.194. The van der Waals surface area contributed by atoms with Gasteiger partial charge in [-0.1, -0.05) is 24.3 Å². The monoisotopic (exact) mass is 392 g/mol. The van der Waals surface area contributed by atoms with Crippen molar-refractivity contribution in [2.24, 2.45) is 0 Å². The first kappa shape index (κ1) is 19.5. The maximum absolute atomic E-state index is 12.1. The molecule has 3 heterocycles. The first-order valence-corrected chi connectivity index (χ1v) is 10.3. The Morgan fingerprint density at radius 1 is 1.21 bits per heavy atom. The number of nitrogens with zero attached hydrogens (tertiary/aromatic N) is 4. The van der Waals surface area contributed by atoms with Gasteiger partial charge in [-0.25, -0.2) is 4.98 Å². The van der Waals surface area contributed by atoms with Gasteiger partial charge in [0.05, 0.1) is 5.69 Å². The number of hydrogen-bond acceptors (Lipinski definition) is 5. The standard InChI is InChI=1S/C22H28N6O/c1-23-19-7-12-27(13-8-19)16-17-3-5-18(6-4-17)22-25-20(15-21(29)26-22)9-14-28-11-2-10-24-28/h2-6,10-11,15,19,23H,7-9,12-14,16H2,1H3,(H,25,26,29). The average molecular weight is 393 g/mol. The van der Waals surface area contributed by atoms with Gasteiger partial charge in [0.15, 0.2) is 0 Å². The van der Waals surface area contributed by atoms with Crippen molar-refractivity contribution < 1.29 is 0 Å². The summed E-state index contributed by atoms with van der Waals surface area (Å²) in [5.74, 6) is 0.620. The van der Waals surface area contributed by atoms with E-state index in [-0.39, 0.29) is 5.56 Å². The van der Waals surface area contributed by atoms with Crippen LogP contribution in [-0.4, -0.2) is 50.8 Å². The minimum absolute atomic E-state index is 0.123. The molecule has 152 valence electrons. The van der Waals surface area contributed by atoms with Gasteiger partial charge in [-0.2, -0.15) is 5.10 Å². The van der Waals surface area contributed by atoms with Crippen LogP contribution in [0.3, 0.4) is 0 Å². The van der Waals surface area contributed by atoms with Gasteiger partial charge in [0, 0.05) is 49.6 Å². The molecular formula is C22H28N6O. The molecule has 7 heteroatoms. The van der Waals surface area contributed by atoms with Gasteiger partial charge in [0.1, 0.15) is 5.82 Å². The molecule has 2 N–H and O–H groups in total. The highest BCUT2D eigenvalue weighted by molar-refractivity contribution is 5.55. The van der Waals surface area contributed by atoms with Crippen molar-refractivity contribution in [3.63, 3.8) is 0 Å². The number of hydrogen-bond donors (Lipinski definition) is 2. The van der Waals surface area contributed by atoms with E-state index >= 15 is 0 Å². The predicted octanol–water partition coefficient (Wildman–Crippen LogP) is 2.06. The van der Waals surface area contributed by atoms with Crippen LogP contribution in [0.4, 0.5) is 0 Å². The Bertz CT molecular complexity index is 956. The maximum Gasteiger partial charge on any atom is 0.251 e. The Morgan fingerprint density at radius 3 is 2.69 bits per heavy atom. The third kappa shape index (κ3) is 5.19. The molecule has 0 unspecified atom stereocenters. The molecule has 29 heavy (non-hydrogen) atoms. The van der Waals surface area contributed by atoms with Crippen LogP contribution in [0.25, 0.3) is 11.4 Å². The Labute approximate surface area is 170 Å². The molecule has 1 fully saturated rings. The minimum Gasteiger partial charge on any atom is -0.317 e. The second-order valence-electron chi connectivity index (χ2n) is 7.64. The molecule has 1 aromatic carbocycles. The molecule has 1 aliphatic heterocycles. The largest absolute Gasteiger partial charge is 0.317 e. The van der Waals surface area contributed by atoms with Crippen LogP contribution >= 0.6 is 0 Å². The lowest BCUT2D eigenvalue weighted by Crippen LogP contribution is -2.40. The molecule has 0 atom stereocenters. The molecule has 3 aromatic rings. The lowest BCUT2D eigenvalue weighted by Gasteiger charge is -2.31. The summed E-state index contributed by atoms with van der Waals surface area (Å²) in [7, 11) is 2.05. The molecular weight excluding hydrogens is 364 g/mol. The number of likely N-dealkylation sites (tertiary alicyclic amines) is 1. The van der Waals surface area contributed by atoms with Crippen LogP contribution in [0.5, 0.6) is 0 Å². The van der Waals surface area contributed by atoms with Gasteiger partial charge < -0.3 is 10.3 Å². The summed E-state index contributed by atoms with van der Waals surface area (Å²) in [6.45, 7) is 3.91. The SMILES string of the molecule is CNC1CCN(Cc2ccc(-c3nc(CCn4cccn4)cc(=O)[nH]3)cc2)CC1. The summed E-state index contributed by atoms with van der Waals surface area (Å²) in [4.78, 5) is 22.1. The summed E-state index contributed by atoms with van der Waals surface area (Å²) < 4.78 is 1.84. The maximum atomic E-state index is 12.1. The van der Waals surface area contributed by atoms with E-state index in [0.717, 1.165) is 30.9 Å². The Balaban J connectivity index is 1.41. The van der Waals surface area contributed by atoms with Crippen molar-refractivity contribution >= 4 is 0 Å². The van der Waals surface area contributed by atoms with E-state index in [4.69, 9.17) is 0 Å². The zero-order chi connectivity index (χ0) is 20.1. The van der Waals surface area contributed by atoms with Gasteiger partial charge in [-0.15, -0.1) is 0 Å². The fourth-order valence-corrected chi connectivity index (χ4v) is 3.84. The van der Waals surface area contributed by atoms with E-state index in [1.807, 2.05) is 36.1 Å². The second-order valence-corrected chi connectivity index (χ2v) is 7.64. The molecule has 1 saturated heterocycles. The van der Waals surface area contributed by atoms with Crippen molar-refractivity contribution in [1.29, 1.82) is 0 Å². The Kier molecular flexibility index (Phi) is 6.17. The molecule has 1 aliphatic rings. The normalized spacial score (nSPS) is 15.6. The van der Waals surface area contributed by atoms with E-state index in [1.54, 1.807) is 12.3 Å². The number of nitrogens with one attached hydrogen (secondary N) is 2. The van der Waals surface area contributed by atoms with Gasteiger partial charge >= 0.3 is 0 Å². The van der Waals surface area contributed by atoms with E-state index in [1.165, 1.54) is 18.4 Å². The van der Waals surface area contributed by atoms with Crippen LogP contribution in [-0.2, 0) is 19.5 Å². The van der Waals surface area contributed by atoms with Gasteiger partial charge in [0.25, 0.3) is 5.56 Å². The zero-order valence-corrected chi connectivity index (χ0v) is 16.8. The Morgan fingerprint density at radius 2 is 2.00 bits per heavy atom. The molecule has 0 spiro atoms. The molecule has 0 radical (unpaired) electrons. The highest BCUT2D eigenvalue weighted by atomic mass is 16.1. The third-order valence-corrected chi connectivity index (χ3v) is 5.58. The molecule has 7 nitrogen and oxygen atoms in total. The van der Waals surface area contributed by atoms with Crippen LogP contribution < -0.4 is 10.9 Å². The second kappa shape index (κ2) is 9.15. The summed E-state index contributed by atoms with van der Waals surface area (Å²) >= 11 is 0. The van der Waals surface area contributed by atoms with Crippen molar-refractivity contribution in [1.82, 2.24) is 30.0 Å². The summed E-state index contributed by atoms with van der Waals surface area (Å²) in [5, 5.41) is 7.57. The smallest absolute Gasteiger partial charge is 0.251 e. The highest BCUT2D eigenvalue weighted by Crippen LogP contribution is 2.18. The van der Waals surface area contributed by atoms with Gasteiger partial charge in [-0.3, -0.25) is 14.4 Å². The molecule has 2 aromatic heterocycles. The fourth-order valence-electron chi connectivity index (χ4n) is 3.84. The lowest BCUT2D eigenvalue weighted by atomic mass is 10.0. The predicted molar refractivity (Wildman–Crippen MR) is 114 cm³/mol. The quantitative estimate of drug-likeness (QED) is 0.643. The summed E-state index contributed by atoms with van der Waals surface area (Å²) in [6.07, 6.45) is 6.73. The number of piperidine rings is 1. The number of H-pyrrole nitrogens is 1. The number of aromatic amines is 1. The first-order valence-electron chi connectivity index (χ1n) is 10.3. The molecule has 4 rings (SSSR count). The topological polar surface area (TPSA) is 78.8 Å². The van der Waals surface area contributed by atoms with E-state index < -0.39 is 0 Å². The molecule has 0 bridgehead atoms. The van der Waals surface area contributed by atoms with Crippen molar-refractivity contribution in [2.75, 3.05) is 20.1 Å². The minimum atomic E-state index is -0.123. The van der Waals surface area contributed by atoms with Crippen molar-refractivity contribution in [2.45, 2.75) is 38.4 Å². The average Bonchev–Trinajstić information content (AvgIpc) is 3.27. The zero-order valence-electron chi connectivity index (χ0n) is 16.8. The molecule has 0 aliphatic carbocycles. The highest BCUT2D eigenvalue weighted by Gasteiger charge is 2.17. The summed E-state index contributed by atoms with van der Waals surface area (Å²) in [5.41, 5.74) is 2.87. The van der Waals surface area contributed by atoms with Gasteiger partial charge in [0.2, 0.25) is 0 Å². The number of aromatic nitrogens is 4. The van der Waals surface area contributed by atoms with Gasteiger partial charge in [-0.05, 0) is 44.6 Å². The van der Waals surface area contributed by atoms with E-state index in [2.05, 4.69) is 37.4 Å². The number of benzene rings is 1. The molecule has 0 saturated carbocycles. The number of rotatable bonds is 7. The van der Waals surface area contributed by atoms with Crippen molar-refractivity contribution in [3.05, 3.63) is 70.4 Å². The summed E-state index contributed by atoms with van der Waals surface area (Å²) in [6, 6.07) is 12.5. The van der Waals surface area contributed by atoms with E-state index in [9.17, 15) is 4.79 Å². The Hall–Kier alpha value is -2.77. The first-order chi connectivity index (χ1) is 14.2. The van der Waals surface area contributed by atoms with Crippen LogP contribution in [0.15, 0.2) is 53.6 Å².